The van der Waals surface area contributed by atoms with Crippen LogP contribution in [0.25, 0.3) is 10.8 Å². The van der Waals surface area contributed by atoms with Crippen molar-refractivity contribution in [3.8, 4) is 12.1 Å². The number of halogens is 1. The molecule has 2 fully saturated rings. The zero-order chi connectivity index (χ0) is 29.4. The SMILES string of the molecule is C=C(F)C(=O)N1CCN(c2nc(OC[C@@H]3CCCN3C)nc3c2CC(C)N3c2cccc3ccccc23)C[C@@H]1CC#N. The average molecular weight is 570 g/mol. The van der Waals surface area contributed by atoms with E-state index in [1.807, 2.05) is 12.1 Å². The van der Waals surface area contributed by atoms with Gasteiger partial charge in [-0.3, -0.25) is 4.79 Å². The molecule has 218 valence electrons. The summed E-state index contributed by atoms with van der Waals surface area (Å²) in [5.41, 5.74) is 2.08. The lowest BCUT2D eigenvalue weighted by Crippen LogP contribution is -2.55. The van der Waals surface area contributed by atoms with Gasteiger partial charge in [0.25, 0.3) is 5.91 Å². The van der Waals surface area contributed by atoms with E-state index in [2.05, 4.69) is 71.7 Å². The van der Waals surface area contributed by atoms with E-state index in [0.29, 0.717) is 31.7 Å². The van der Waals surface area contributed by atoms with Crippen molar-refractivity contribution < 1.29 is 13.9 Å². The predicted octanol–water partition coefficient (Wildman–Crippen LogP) is 4.60. The fraction of sp³-hybridized carbons (Fsp3) is 0.438. The summed E-state index contributed by atoms with van der Waals surface area (Å²) < 4.78 is 20.1. The molecule has 10 heteroatoms. The molecular formula is C32H36FN7O2. The van der Waals surface area contributed by atoms with Gasteiger partial charge in [-0.25, -0.2) is 4.39 Å². The van der Waals surface area contributed by atoms with Crippen LogP contribution in [0.5, 0.6) is 6.01 Å². The van der Waals surface area contributed by atoms with E-state index in [0.717, 1.165) is 59.5 Å². The van der Waals surface area contributed by atoms with Gasteiger partial charge in [-0.1, -0.05) is 43.0 Å². The fourth-order valence-electron chi connectivity index (χ4n) is 6.63. The number of aromatic nitrogens is 2. The topological polar surface area (TPSA) is 88.8 Å². The number of ether oxygens (including phenoxy) is 1. The van der Waals surface area contributed by atoms with E-state index in [-0.39, 0.29) is 19.0 Å². The lowest BCUT2D eigenvalue weighted by atomic mass is 10.1. The number of carbonyl (C=O) groups excluding carboxylic acids is 1. The molecule has 3 aromatic rings. The Hall–Kier alpha value is -4.23. The highest BCUT2D eigenvalue weighted by atomic mass is 19.1. The normalized spacial score (nSPS) is 22.3. The van der Waals surface area contributed by atoms with Crippen LogP contribution in [0.15, 0.2) is 54.9 Å². The third-order valence-corrected chi connectivity index (χ3v) is 8.82. The molecule has 1 aromatic heterocycles. The van der Waals surface area contributed by atoms with Crippen LogP contribution in [-0.4, -0.2) is 83.6 Å². The summed E-state index contributed by atoms with van der Waals surface area (Å²) in [6.07, 6.45) is 3.02. The zero-order valence-electron chi connectivity index (χ0n) is 24.2. The summed E-state index contributed by atoms with van der Waals surface area (Å²) in [6.45, 7) is 7.97. The van der Waals surface area contributed by atoms with Gasteiger partial charge in [0.05, 0.1) is 24.2 Å². The molecule has 4 heterocycles. The molecule has 0 radical (unpaired) electrons. The summed E-state index contributed by atoms with van der Waals surface area (Å²) in [4.78, 5) is 30.6. The number of rotatable bonds is 7. The highest BCUT2D eigenvalue weighted by molar-refractivity contribution is 5.97. The molecule has 42 heavy (non-hydrogen) atoms. The molecule has 3 aliphatic heterocycles. The second kappa shape index (κ2) is 11.6. The van der Waals surface area contributed by atoms with Crippen molar-refractivity contribution in [1.82, 2.24) is 19.8 Å². The first-order valence-corrected chi connectivity index (χ1v) is 14.6. The number of piperazine rings is 1. The zero-order valence-corrected chi connectivity index (χ0v) is 24.2. The number of carbonyl (C=O) groups is 1. The van der Waals surface area contributed by atoms with Crippen molar-refractivity contribution in [2.24, 2.45) is 0 Å². The van der Waals surface area contributed by atoms with Gasteiger partial charge in [-0.2, -0.15) is 15.2 Å². The van der Waals surface area contributed by atoms with E-state index >= 15 is 0 Å². The Bertz CT molecular complexity index is 1550. The van der Waals surface area contributed by atoms with Crippen LogP contribution in [0.1, 0.15) is 31.7 Å². The quantitative estimate of drug-likeness (QED) is 0.382. The number of anilines is 3. The van der Waals surface area contributed by atoms with Crippen molar-refractivity contribution in [1.29, 1.82) is 5.26 Å². The van der Waals surface area contributed by atoms with E-state index in [1.165, 1.54) is 4.90 Å². The second-order valence-electron chi connectivity index (χ2n) is 11.5. The smallest absolute Gasteiger partial charge is 0.320 e. The standard InChI is InChI=1S/C32H36FN7O2/c1-21-18-27-29(38-16-17-39(31(41)22(2)33)24(19-38)13-14-34)35-32(42-20-25-10-7-15-37(25)3)36-30(27)40(21)28-12-6-9-23-8-4-5-11-26(23)28/h4-6,8-9,11-12,21,24-25H,2,7,10,13,15-20H2,1,3H3/t21?,24-,25-/m0/s1. The van der Waals surface area contributed by atoms with Crippen LogP contribution in [0.4, 0.5) is 21.7 Å². The molecular weight excluding hydrogens is 533 g/mol. The van der Waals surface area contributed by atoms with Crippen molar-refractivity contribution in [3.05, 3.63) is 60.4 Å². The van der Waals surface area contributed by atoms with E-state index in [4.69, 9.17) is 14.7 Å². The molecule has 3 aliphatic rings. The molecule has 3 atom stereocenters. The summed E-state index contributed by atoms with van der Waals surface area (Å²) >= 11 is 0. The molecule has 0 bridgehead atoms. The number of amides is 1. The molecule has 0 spiro atoms. The average Bonchev–Trinajstić information content (AvgIpc) is 3.56. The van der Waals surface area contributed by atoms with Crippen molar-refractivity contribution >= 4 is 34.0 Å². The minimum absolute atomic E-state index is 0.0820. The number of fused-ring (bicyclic) bond motifs is 2. The van der Waals surface area contributed by atoms with Gasteiger partial charge < -0.3 is 24.3 Å². The number of hydrogen-bond acceptors (Lipinski definition) is 8. The number of hydrogen-bond donors (Lipinski definition) is 0. The van der Waals surface area contributed by atoms with Crippen LogP contribution in [0.2, 0.25) is 0 Å². The van der Waals surface area contributed by atoms with Gasteiger partial charge in [0, 0.05) is 49.1 Å². The minimum atomic E-state index is -1.01. The lowest BCUT2D eigenvalue weighted by molar-refractivity contribution is -0.131. The van der Waals surface area contributed by atoms with Gasteiger partial charge in [0.1, 0.15) is 18.2 Å². The van der Waals surface area contributed by atoms with Crippen molar-refractivity contribution in [2.75, 3.05) is 49.6 Å². The maximum atomic E-state index is 13.8. The number of nitriles is 1. The molecule has 2 aromatic carbocycles. The number of nitrogens with zero attached hydrogens (tertiary/aromatic N) is 7. The Morgan fingerprint density at radius 2 is 1.90 bits per heavy atom. The second-order valence-corrected chi connectivity index (χ2v) is 11.5. The molecule has 1 amide bonds. The Kier molecular flexibility index (Phi) is 7.69. The molecule has 0 aliphatic carbocycles. The molecule has 2 saturated heterocycles. The Morgan fingerprint density at radius 3 is 2.67 bits per heavy atom. The number of likely N-dealkylation sites (tertiary alicyclic amines) is 1. The Labute approximate surface area is 245 Å². The molecule has 0 N–H and O–H groups in total. The largest absolute Gasteiger partial charge is 0.462 e. The van der Waals surface area contributed by atoms with Gasteiger partial charge in [-0.05, 0) is 44.8 Å². The van der Waals surface area contributed by atoms with Gasteiger partial charge in [0.2, 0.25) is 0 Å². The first-order chi connectivity index (χ1) is 20.4. The molecule has 9 nitrogen and oxygen atoms in total. The van der Waals surface area contributed by atoms with Crippen LogP contribution in [-0.2, 0) is 11.2 Å². The summed E-state index contributed by atoms with van der Waals surface area (Å²) in [5.74, 6) is -0.214. The first kappa shape index (κ1) is 27.9. The minimum Gasteiger partial charge on any atom is -0.462 e. The highest BCUT2D eigenvalue weighted by Gasteiger charge is 2.38. The predicted molar refractivity (Wildman–Crippen MR) is 161 cm³/mol. The maximum Gasteiger partial charge on any atom is 0.320 e. The van der Waals surface area contributed by atoms with Gasteiger partial charge in [0.15, 0.2) is 5.83 Å². The monoisotopic (exact) mass is 569 g/mol. The maximum absolute atomic E-state index is 13.8. The number of likely N-dealkylation sites (N-methyl/N-ethyl adjacent to an activating group) is 1. The molecule has 1 unspecified atom stereocenters. The van der Waals surface area contributed by atoms with E-state index in [1.54, 1.807) is 0 Å². The van der Waals surface area contributed by atoms with Crippen LogP contribution >= 0.6 is 0 Å². The first-order valence-electron chi connectivity index (χ1n) is 14.6. The molecule has 0 saturated carbocycles. The van der Waals surface area contributed by atoms with Crippen molar-refractivity contribution in [3.63, 3.8) is 0 Å². The number of benzene rings is 2. The fourth-order valence-corrected chi connectivity index (χ4v) is 6.63. The third-order valence-electron chi connectivity index (χ3n) is 8.82. The Morgan fingerprint density at radius 1 is 1.12 bits per heavy atom. The summed E-state index contributed by atoms with van der Waals surface area (Å²) in [6, 6.07) is 17.1. The van der Waals surface area contributed by atoms with E-state index < -0.39 is 17.8 Å². The van der Waals surface area contributed by atoms with Crippen LogP contribution < -0.4 is 14.5 Å². The molecule has 6 rings (SSSR count). The van der Waals surface area contributed by atoms with Crippen LogP contribution in [0.3, 0.4) is 0 Å². The van der Waals surface area contributed by atoms with Gasteiger partial charge in [-0.15, -0.1) is 0 Å². The van der Waals surface area contributed by atoms with Crippen LogP contribution in [0, 0.1) is 11.3 Å². The third kappa shape index (κ3) is 5.13. The highest BCUT2D eigenvalue weighted by Crippen LogP contribution is 2.44. The Balaban J connectivity index is 1.40. The van der Waals surface area contributed by atoms with E-state index in [9.17, 15) is 14.4 Å². The van der Waals surface area contributed by atoms with Crippen molar-refractivity contribution in [2.45, 2.75) is 50.7 Å². The summed E-state index contributed by atoms with van der Waals surface area (Å²) in [5, 5.41) is 11.8. The summed E-state index contributed by atoms with van der Waals surface area (Å²) in [7, 11) is 2.11. The van der Waals surface area contributed by atoms with Gasteiger partial charge >= 0.3 is 6.01 Å². The lowest BCUT2D eigenvalue weighted by Gasteiger charge is -2.41.